The van der Waals surface area contributed by atoms with Gasteiger partial charge in [0, 0.05) is 10.0 Å². The summed E-state index contributed by atoms with van der Waals surface area (Å²) >= 11 is 8.39. The van der Waals surface area contributed by atoms with Gasteiger partial charge in [0.2, 0.25) is 0 Å². The lowest BCUT2D eigenvalue weighted by Crippen LogP contribution is -2.40. The Morgan fingerprint density at radius 1 is 1.00 bits per heavy atom. The fourth-order valence-electron chi connectivity index (χ4n) is 5.67. The summed E-state index contributed by atoms with van der Waals surface area (Å²) < 4.78 is 21.2. The Balaban J connectivity index is 1.49. The largest absolute Gasteiger partial charge is 0.493 e. The molecule has 6 rings (SSSR count). The van der Waals surface area contributed by atoms with E-state index in [1.165, 1.54) is 11.3 Å². The molecule has 0 fully saturated rings. The van der Waals surface area contributed by atoms with Crippen molar-refractivity contribution in [3.05, 3.63) is 153 Å². The third-order valence-corrected chi connectivity index (χ3v) is 10.2. The Kier molecular flexibility index (Phi) is 10.7. The Bertz CT molecular complexity index is 2210. The lowest BCUT2D eigenvalue weighted by molar-refractivity contribution is -0.138. The smallest absolute Gasteiger partial charge is 0.338 e. The van der Waals surface area contributed by atoms with E-state index >= 15 is 0 Å². The molecule has 5 aromatic rings. The van der Waals surface area contributed by atoms with Gasteiger partial charge in [0.05, 0.1) is 40.0 Å². The van der Waals surface area contributed by atoms with Gasteiger partial charge in [-0.05, 0) is 81.4 Å². The highest BCUT2D eigenvalue weighted by molar-refractivity contribution is 9.10. The van der Waals surface area contributed by atoms with Gasteiger partial charge in [-0.15, -0.1) is 0 Å². The number of methoxy groups -OCH3 is 1. The quantitative estimate of drug-likeness (QED) is 0.133. The molecule has 0 saturated carbocycles. The van der Waals surface area contributed by atoms with E-state index in [0.29, 0.717) is 49.1 Å². The molecule has 0 aliphatic carbocycles. The van der Waals surface area contributed by atoms with Crippen molar-refractivity contribution in [3.8, 4) is 11.5 Å². The minimum Gasteiger partial charge on any atom is -0.493 e. The van der Waals surface area contributed by atoms with Crippen molar-refractivity contribution in [3.63, 3.8) is 0 Å². The number of hydrogen-bond donors (Lipinski definition) is 0. The van der Waals surface area contributed by atoms with Gasteiger partial charge < -0.3 is 14.2 Å². The third kappa shape index (κ3) is 7.37. The van der Waals surface area contributed by atoms with Gasteiger partial charge in [-0.1, -0.05) is 108 Å². The van der Waals surface area contributed by atoms with E-state index in [-0.39, 0.29) is 12.2 Å². The van der Waals surface area contributed by atoms with E-state index in [1.807, 2.05) is 97.1 Å². The van der Waals surface area contributed by atoms with Crippen LogP contribution in [0.2, 0.25) is 0 Å². The number of ether oxygens (including phenoxy) is 3. The van der Waals surface area contributed by atoms with Crippen LogP contribution in [-0.4, -0.2) is 24.3 Å². The Morgan fingerprint density at radius 3 is 2.37 bits per heavy atom. The number of rotatable bonds is 10. The maximum Gasteiger partial charge on any atom is 0.338 e. The zero-order valence-corrected chi connectivity index (χ0v) is 31.4. The van der Waals surface area contributed by atoms with Crippen molar-refractivity contribution in [2.24, 2.45) is 4.99 Å². The fraction of sp³-hybridized carbons (Fsp3) is 0.205. The van der Waals surface area contributed by atoms with Crippen molar-refractivity contribution in [2.75, 3.05) is 13.7 Å². The second-order valence-electron chi connectivity index (χ2n) is 11.7. The predicted molar refractivity (Wildman–Crippen MR) is 201 cm³/mol. The van der Waals surface area contributed by atoms with Crippen LogP contribution in [0, 0.1) is 0 Å². The van der Waals surface area contributed by atoms with Crippen LogP contribution >= 0.6 is 43.2 Å². The predicted octanol–water partition coefficient (Wildman–Crippen LogP) is 8.17. The molecule has 1 aliphatic rings. The molecule has 1 atom stereocenters. The van der Waals surface area contributed by atoms with Crippen LogP contribution in [0.15, 0.2) is 115 Å². The van der Waals surface area contributed by atoms with E-state index in [0.717, 1.165) is 32.3 Å². The molecule has 1 aromatic heterocycles. The first kappa shape index (κ1) is 34.6. The number of carbonyl (C=O) groups excluding carboxylic acids is 1. The van der Waals surface area contributed by atoms with Gasteiger partial charge in [0.25, 0.3) is 5.56 Å². The number of carbonyl (C=O) groups is 1. The summed E-state index contributed by atoms with van der Waals surface area (Å²) in [7, 11) is 1.58. The van der Waals surface area contributed by atoms with E-state index in [4.69, 9.17) is 19.2 Å². The molecule has 0 unspecified atom stereocenters. The first-order valence-electron chi connectivity index (χ1n) is 15.8. The highest BCUT2D eigenvalue weighted by atomic mass is 79.9. The molecule has 10 heteroatoms. The van der Waals surface area contributed by atoms with E-state index < -0.39 is 12.0 Å². The first-order valence-corrected chi connectivity index (χ1v) is 18.2. The Labute approximate surface area is 305 Å². The standard InChI is InChI=1S/C39H34Br2N2O5S/c1-5-47-38(45)33-34(27-9-7-6-8-10-27)42-39-43(35(33)28-15-13-26(14-16-28)23(2)3)37(44)32(49-39)21-25-19-30(41)36(31(20-25)46-4)48-22-24-11-17-29(40)18-12-24/h6-21,23,35H,5,22H2,1-4H3/b32-21-/t35-/m0/s1. The first-order chi connectivity index (χ1) is 23.7. The topological polar surface area (TPSA) is 79.1 Å². The van der Waals surface area contributed by atoms with Gasteiger partial charge in [-0.3, -0.25) is 9.36 Å². The van der Waals surface area contributed by atoms with Gasteiger partial charge in [-0.25, -0.2) is 9.79 Å². The molecule has 0 amide bonds. The lowest BCUT2D eigenvalue weighted by Gasteiger charge is -2.26. The zero-order chi connectivity index (χ0) is 34.7. The van der Waals surface area contributed by atoms with Crippen molar-refractivity contribution in [1.82, 2.24) is 4.57 Å². The second-order valence-corrected chi connectivity index (χ2v) is 14.5. The molecule has 2 heterocycles. The summed E-state index contributed by atoms with van der Waals surface area (Å²) in [6, 6.07) is 28.5. The zero-order valence-electron chi connectivity index (χ0n) is 27.4. The second kappa shape index (κ2) is 15.1. The normalized spacial score (nSPS) is 14.4. The molecule has 0 spiro atoms. The lowest BCUT2D eigenvalue weighted by atomic mass is 9.91. The van der Waals surface area contributed by atoms with Crippen LogP contribution in [0.3, 0.4) is 0 Å². The summed E-state index contributed by atoms with van der Waals surface area (Å²) in [4.78, 5) is 33.6. The molecule has 0 N–H and O–H groups in total. The number of halogens is 2. The molecule has 0 saturated heterocycles. The van der Waals surface area contributed by atoms with Gasteiger partial charge in [0.1, 0.15) is 6.61 Å². The molecule has 0 bridgehead atoms. The highest BCUT2D eigenvalue weighted by Crippen LogP contribution is 2.38. The number of nitrogens with zero attached hydrogens (tertiary/aromatic N) is 2. The number of aromatic nitrogens is 1. The molecular weight excluding hydrogens is 768 g/mol. The molecule has 49 heavy (non-hydrogen) atoms. The van der Waals surface area contributed by atoms with Crippen LogP contribution < -0.4 is 24.4 Å². The van der Waals surface area contributed by atoms with Crippen molar-refractivity contribution >= 4 is 60.9 Å². The number of hydrogen-bond acceptors (Lipinski definition) is 7. The Morgan fingerprint density at radius 2 is 1.71 bits per heavy atom. The SMILES string of the molecule is CCOC(=O)C1=C(c2ccccc2)N=c2s/c(=C\c3cc(Br)c(OCc4ccc(Br)cc4)c(OC)c3)c(=O)n2[C@H]1c1ccc(C(C)C)cc1. The summed E-state index contributed by atoms with van der Waals surface area (Å²) in [5, 5.41) is 0. The summed E-state index contributed by atoms with van der Waals surface area (Å²) in [5.74, 6) is 0.889. The number of benzene rings is 4. The summed E-state index contributed by atoms with van der Waals surface area (Å²) in [6.07, 6.45) is 1.81. The minimum atomic E-state index is -0.746. The Hall–Kier alpha value is -4.25. The van der Waals surface area contributed by atoms with Crippen LogP contribution in [0.5, 0.6) is 11.5 Å². The molecular formula is C39H34Br2N2O5S. The average Bonchev–Trinajstić information content (AvgIpc) is 3.41. The van der Waals surface area contributed by atoms with Crippen LogP contribution in [0.25, 0.3) is 11.8 Å². The highest BCUT2D eigenvalue weighted by Gasteiger charge is 2.35. The molecule has 250 valence electrons. The van der Waals surface area contributed by atoms with Crippen molar-refractivity contribution in [2.45, 2.75) is 39.3 Å². The number of fused-ring (bicyclic) bond motifs is 1. The van der Waals surface area contributed by atoms with Crippen LogP contribution in [-0.2, 0) is 16.1 Å². The van der Waals surface area contributed by atoms with Crippen LogP contribution in [0.4, 0.5) is 0 Å². The maximum absolute atomic E-state index is 14.4. The van der Waals surface area contributed by atoms with Crippen molar-refractivity contribution < 1.29 is 19.0 Å². The minimum absolute atomic E-state index is 0.188. The van der Waals surface area contributed by atoms with Gasteiger partial charge in [0.15, 0.2) is 16.3 Å². The van der Waals surface area contributed by atoms with Crippen molar-refractivity contribution in [1.29, 1.82) is 0 Å². The number of thiazole rings is 1. The monoisotopic (exact) mass is 800 g/mol. The fourth-order valence-corrected chi connectivity index (χ4v) is 7.51. The molecule has 4 aromatic carbocycles. The van der Waals surface area contributed by atoms with E-state index in [1.54, 1.807) is 18.6 Å². The van der Waals surface area contributed by atoms with Gasteiger partial charge in [-0.2, -0.15) is 0 Å². The molecule has 1 aliphatic heterocycles. The van der Waals surface area contributed by atoms with E-state index in [2.05, 4.69) is 45.7 Å². The van der Waals surface area contributed by atoms with Crippen LogP contribution in [0.1, 0.15) is 60.5 Å². The summed E-state index contributed by atoms with van der Waals surface area (Å²) in [6.45, 7) is 6.57. The average molecular weight is 803 g/mol. The maximum atomic E-state index is 14.4. The summed E-state index contributed by atoms with van der Waals surface area (Å²) in [5.41, 5.74) is 5.00. The third-order valence-electron chi connectivity index (χ3n) is 8.14. The van der Waals surface area contributed by atoms with Gasteiger partial charge >= 0.3 is 5.97 Å². The molecule has 0 radical (unpaired) electrons. The number of esters is 1. The molecule has 7 nitrogen and oxygen atoms in total. The van der Waals surface area contributed by atoms with E-state index in [9.17, 15) is 9.59 Å².